The first-order chi connectivity index (χ1) is 8.74. The molecule has 1 unspecified atom stereocenters. The van der Waals surface area contributed by atoms with Crippen LogP contribution < -0.4 is 5.32 Å². The molecule has 3 nitrogen and oxygen atoms in total. The van der Waals surface area contributed by atoms with Gasteiger partial charge in [0.1, 0.15) is 0 Å². The number of hydrogen-bond acceptors (Lipinski definition) is 3. The fraction of sp³-hybridized carbons (Fsp3) is 0.909. The van der Waals surface area contributed by atoms with Gasteiger partial charge in [-0.2, -0.15) is 26.3 Å². The predicted octanol–water partition coefficient (Wildman–Crippen LogP) is 3.05. The second-order valence-corrected chi connectivity index (χ2v) is 4.87. The van der Waals surface area contributed by atoms with Crippen LogP contribution in [0.25, 0.3) is 0 Å². The summed E-state index contributed by atoms with van der Waals surface area (Å²) >= 11 is 0. The Labute approximate surface area is 112 Å². The normalized spacial score (nSPS) is 15.3. The van der Waals surface area contributed by atoms with E-state index in [0.717, 1.165) is 0 Å². The quantitative estimate of drug-likeness (QED) is 0.626. The third-order valence-corrected chi connectivity index (χ3v) is 2.94. The summed E-state index contributed by atoms with van der Waals surface area (Å²) in [5.41, 5.74) is -1.54. The zero-order chi connectivity index (χ0) is 16.4. The summed E-state index contributed by atoms with van der Waals surface area (Å²) in [6.07, 6.45) is -15.5. The number of alkyl halides is 6. The van der Waals surface area contributed by atoms with Gasteiger partial charge in [-0.05, 0) is 27.3 Å². The second kappa shape index (κ2) is 6.19. The highest BCUT2D eigenvalue weighted by Gasteiger charge is 2.60. The SMILES string of the molecule is CCNC(C)C(C)(C)C(=O)OC(C(F)(F)F)C(F)(F)F. The van der Waals surface area contributed by atoms with Crippen molar-refractivity contribution in [3.8, 4) is 0 Å². The zero-order valence-electron chi connectivity index (χ0n) is 11.4. The van der Waals surface area contributed by atoms with Gasteiger partial charge in [-0.15, -0.1) is 0 Å². The summed E-state index contributed by atoms with van der Waals surface area (Å²) in [6, 6.07) is -0.651. The minimum atomic E-state index is -5.70. The number of esters is 1. The first-order valence-corrected chi connectivity index (χ1v) is 5.82. The largest absolute Gasteiger partial charge is 0.442 e. The molecule has 20 heavy (non-hydrogen) atoms. The first-order valence-electron chi connectivity index (χ1n) is 5.82. The Kier molecular flexibility index (Phi) is 5.89. The van der Waals surface area contributed by atoms with Crippen LogP contribution in [-0.2, 0) is 9.53 Å². The molecule has 0 aliphatic rings. The molecule has 0 amide bonds. The van der Waals surface area contributed by atoms with E-state index in [1.54, 1.807) is 6.92 Å². The molecule has 0 rings (SSSR count). The minimum Gasteiger partial charge on any atom is -0.442 e. The van der Waals surface area contributed by atoms with Crippen LogP contribution >= 0.6 is 0 Å². The first kappa shape index (κ1) is 19.0. The van der Waals surface area contributed by atoms with Crippen LogP contribution in [0.2, 0.25) is 0 Å². The summed E-state index contributed by atoms with van der Waals surface area (Å²) < 4.78 is 77.5. The van der Waals surface area contributed by atoms with E-state index in [4.69, 9.17) is 0 Å². The molecule has 0 fully saturated rings. The van der Waals surface area contributed by atoms with Crippen LogP contribution in [0.5, 0.6) is 0 Å². The number of hydrogen-bond donors (Lipinski definition) is 1. The third-order valence-electron chi connectivity index (χ3n) is 2.94. The maximum Gasteiger partial charge on any atom is 0.434 e. The molecule has 0 aliphatic heterocycles. The van der Waals surface area contributed by atoms with E-state index in [1.807, 2.05) is 0 Å². The van der Waals surface area contributed by atoms with Crippen molar-refractivity contribution in [1.29, 1.82) is 0 Å². The van der Waals surface area contributed by atoms with Crippen molar-refractivity contribution in [2.75, 3.05) is 6.54 Å². The number of halogens is 6. The molecule has 0 aliphatic carbocycles. The van der Waals surface area contributed by atoms with Crippen molar-refractivity contribution >= 4 is 5.97 Å². The van der Waals surface area contributed by atoms with Gasteiger partial charge in [0.2, 0.25) is 0 Å². The minimum absolute atomic E-state index is 0.403. The molecule has 1 N–H and O–H groups in total. The molecule has 0 saturated heterocycles. The number of rotatable bonds is 5. The maximum atomic E-state index is 12.3. The molecule has 120 valence electrons. The fourth-order valence-electron chi connectivity index (χ4n) is 1.32. The molecule has 0 saturated carbocycles. The monoisotopic (exact) mass is 309 g/mol. The van der Waals surface area contributed by atoms with Gasteiger partial charge in [0, 0.05) is 6.04 Å². The topological polar surface area (TPSA) is 38.3 Å². The van der Waals surface area contributed by atoms with Crippen LogP contribution in [-0.4, -0.2) is 37.0 Å². The predicted molar refractivity (Wildman–Crippen MR) is 58.9 cm³/mol. The van der Waals surface area contributed by atoms with Gasteiger partial charge in [0.05, 0.1) is 5.41 Å². The molecule has 0 heterocycles. The highest BCUT2D eigenvalue weighted by Crippen LogP contribution is 2.37. The molecular formula is C11H17F6NO2. The van der Waals surface area contributed by atoms with Crippen molar-refractivity contribution < 1.29 is 35.9 Å². The van der Waals surface area contributed by atoms with E-state index >= 15 is 0 Å². The molecule has 0 spiro atoms. The van der Waals surface area contributed by atoms with E-state index in [-0.39, 0.29) is 0 Å². The smallest absolute Gasteiger partial charge is 0.434 e. The van der Waals surface area contributed by atoms with Gasteiger partial charge < -0.3 is 10.1 Å². The van der Waals surface area contributed by atoms with E-state index in [9.17, 15) is 31.1 Å². The number of carbonyl (C=O) groups excluding carboxylic acids is 1. The highest BCUT2D eigenvalue weighted by molar-refractivity contribution is 5.77. The fourth-order valence-corrected chi connectivity index (χ4v) is 1.32. The Hall–Kier alpha value is -0.990. The summed E-state index contributed by atoms with van der Waals surface area (Å²) in [7, 11) is 0. The Bertz CT molecular complexity index is 323. The highest BCUT2D eigenvalue weighted by atomic mass is 19.4. The molecule has 0 aromatic carbocycles. The number of carbonyl (C=O) groups is 1. The van der Waals surface area contributed by atoms with E-state index < -0.39 is 35.9 Å². The van der Waals surface area contributed by atoms with E-state index in [0.29, 0.717) is 6.54 Å². The van der Waals surface area contributed by atoms with Gasteiger partial charge in [-0.1, -0.05) is 6.92 Å². The second-order valence-electron chi connectivity index (χ2n) is 4.87. The lowest BCUT2D eigenvalue weighted by Gasteiger charge is -2.32. The Morgan fingerprint density at radius 3 is 1.80 bits per heavy atom. The van der Waals surface area contributed by atoms with Gasteiger partial charge in [0.25, 0.3) is 6.10 Å². The van der Waals surface area contributed by atoms with E-state index in [2.05, 4.69) is 10.1 Å². The average Bonchev–Trinajstić information content (AvgIpc) is 2.22. The lowest BCUT2D eigenvalue weighted by atomic mass is 9.85. The summed E-state index contributed by atoms with van der Waals surface area (Å²) in [4.78, 5) is 11.6. The Balaban J connectivity index is 5.12. The molecule has 9 heteroatoms. The van der Waals surface area contributed by atoms with Crippen LogP contribution in [0.4, 0.5) is 26.3 Å². The average molecular weight is 309 g/mol. The van der Waals surface area contributed by atoms with Crippen molar-refractivity contribution in [2.24, 2.45) is 5.41 Å². The van der Waals surface area contributed by atoms with Crippen LogP contribution in [0.15, 0.2) is 0 Å². The van der Waals surface area contributed by atoms with Crippen LogP contribution in [0.3, 0.4) is 0 Å². The molecule has 0 aromatic heterocycles. The number of nitrogens with one attached hydrogen (secondary N) is 1. The van der Waals surface area contributed by atoms with Crippen molar-refractivity contribution in [3.05, 3.63) is 0 Å². The summed E-state index contributed by atoms with van der Waals surface area (Å²) in [5, 5.41) is 2.75. The van der Waals surface area contributed by atoms with Crippen LogP contribution in [0.1, 0.15) is 27.7 Å². The molecule has 0 aromatic rings. The zero-order valence-corrected chi connectivity index (χ0v) is 11.4. The lowest BCUT2D eigenvalue weighted by molar-refractivity contribution is -0.315. The van der Waals surface area contributed by atoms with Crippen LogP contribution in [0, 0.1) is 5.41 Å². The van der Waals surface area contributed by atoms with Gasteiger partial charge >= 0.3 is 18.3 Å². The van der Waals surface area contributed by atoms with Crippen molar-refractivity contribution in [1.82, 2.24) is 5.32 Å². The summed E-state index contributed by atoms with van der Waals surface area (Å²) in [6.45, 7) is 5.99. The maximum absolute atomic E-state index is 12.3. The van der Waals surface area contributed by atoms with E-state index in [1.165, 1.54) is 20.8 Å². The molecule has 1 atom stereocenters. The molecule has 0 bridgehead atoms. The third kappa shape index (κ3) is 4.84. The standard InChI is InChI=1S/C11H17F6NO2/c1-5-18-6(2)9(3,4)8(19)20-7(10(12,13)14)11(15,16)17/h6-7,18H,5H2,1-4H3. The van der Waals surface area contributed by atoms with Gasteiger partial charge in [0.15, 0.2) is 0 Å². The number of ether oxygens (including phenoxy) is 1. The Morgan fingerprint density at radius 1 is 1.10 bits per heavy atom. The Morgan fingerprint density at radius 2 is 1.50 bits per heavy atom. The lowest BCUT2D eigenvalue weighted by Crippen LogP contribution is -2.51. The van der Waals surface area contributed by atoms with Gasteiger partial charge in [-0.3, -0.25) is 4.79 Å². The van der Waals surface area contributed by atoms with Crippen molar-refractivity contribution in [2.45, 2.75) is 52.2 Å². The molecule has 0 radical (unpaired) electrons. The van der Waals surface area contributed by atoms with Gasteiger partial charge in [-0.25, -0.2) is 0 Å². The summed E-state index contributed by atoms with van der Waals surface area (Å²) in [5.74, 6) is -1.56. The van der Waals surface area contributed by atoms with Crippen molar-refractivity contribution in [3.63, 3.8) is 0 Å². The molecular weight excluding hydrogens is 292 g/mol.